The van der Waals surface area contributed by atoms with Gasteiger partial charge < -0.3 is 5.11 Å². The van der Waals surface area contributed by atoms with Crippen molar-refractivity contribution in [3.05, 3.63) is 35.1 Å². The maximum atomic E-state index is 11.4. The van der Waals surface area contributed by atoms with Gasteiger partial charge in [0.1, 0.15) is 5.76 Å². The summed E-state index contributed by atoms with van der Waals surface area (Å²) in [6, 6.07) is 0. The monoisotopic (exact) mass is 206 g/mol. The Labute approximate surface area is 91.0 Å². The molecule has 82 valence electrons. The lowest BCUT2D eigenvalue weighted by atomic mass is 9.82. The number of aliphatic hydroxyl groups excluding tert-OH is 1. The van der Waals surface area contributed by atoms with Crippen molar-refractivity contribution in [3.8, 4) is 0 Å². The third kappa shape index (κ3) is 2.82. The van der Waals surface area contributed by atoms with Crippen LogP contribution in [0.15, 0.2) is 35.1 Å². The van der Waals surface area contributed by atoms with Gasteiger partial charge in [0.25, 0.3) is 0 Å². The normalized spacial score (nSPS) is 20.7. The molecule has 0 saturated heterocycles. The minimum absolute atomic E-state index is 0.0920. The van der Waals surface area contributed by atoms with E-state index in [1.54, 1.807) is 6.92 Å². The van der Waals surface area contributed by atoms with E-state index in [9.17, 15) is 9.90 Å². The van der Waals surface area contributed by atoms with Crippen LogP contribution in [-0.2, 0) is 4.79 Å². The Kier molecular flexibility index (Phi) is 3.18. The van der Waals surface area contributed by atoms with Crippen molar-refractivity contribution in [3.63, 3.8) is 0 Å². The van der Waals surface area contributed by atoms with Gasteiger partial charge in [-0.25, -0.2) is 0 Å². The Morgan fingerprint density at radius 1 is 1.40 bits per heavy atom. The van der Waals surface area contributed by atoms with Crippen LogP contribution in [0.25, 0.3) is 0 Å². The van der Waals surface area contributed by atoms with E-state index in [1.165, 1.54) is 6.92 Å². The summed E-state index contributed by atoms with van der Waals surface area (Å²) in [4.78, 5) is 11.4. The molecule has 0 bridgehead atoms. The van der Waals surface area contributed by atoms with E-state index in [-0.39, 0.29) is 17.0 Å². The molecule has 1 aliphatic carbocycles. The molecule has 0 saturated carbocycles. The van der Waals surface area contributed by atoms with E-state index >= 15 is 0 Å². The van der Waals surface area contributed by atoms with Crippen LogP contribution in [0.2, 0.25) is 0 Å². The van der Waals surface area contributed by atoms with Crippen LogP contribution < -0.4 is 0 Å². The van der Waals surface area contributed by atoms with E-state index in [1.807, 2.05) is 12.2 Å². The fourth-order valence-corrected chi connectivity index (χ4v) is 1.68. The number of carbonyl (C=O) groups is 1. The summed E-state index contributed by atoms with van der Waals surface area (Å²) in [6.07, 6.45) is 6.90. The minimum Gasteiger partial charge on any atom is -0.512 e. The molecular weight excluding hydrogens is 188 g/mol. The summed E-state index contributed by atoms with van der Waals surface area (Å²) in [5.41, 5.74) is 1.41. The number of ketones is 1. The highest BCUT2D eigenvalue weighted by Crippen LogP contribution is 2.31. The Bertz CT molecular complexity index is 364. The van der Waals surface area contributed by atoms with Crippen molar-refractivity contribution in [2.24, 2.45) is 5.41 Å². The molecule has 0 atom stereocenters. The Hall–Kier alpha value is -1.31. The Morgan fingerprint density at radius 2 is 2.00 bits per heavy atom. The second-order valence-corrected chi connectivity index (χ2v) is 4.70. The third-order valence-corrected chi connectivity index (χ3v) is 2.56. The first kappa shape index (κ1) is 11.8. The second-order valence-electron chi connectivity index (χ2n) is 4.70. The van der Waals surface area contributed by atoms with Crippen LogP contribution >= 0.6 is 0 Å². The summed E-state index contributed by atoms with van der Waals surface area (Å²) in [5.74, 6) is 0.00344. The number of hydrogen-bond acceptors (Lipinski definition) is 2. The van der Waals surface area contributed by atoms with Crippen LogP contribution in [0.5, 0.6) is 0 Å². The molecular formula is C13H18O2. The van der Waals surface area contributed by atoms with Gasteiger partial charge in [0.15, 0.2) is 5.78 Å². The largest absolute Gasteiger partial charge is 0.512 e. The van der Waals surface area contributed by atoms with E-state index in [2.05, 4.69) is 19.9 Å². The molecule has 0 aromatic carbocycles. The first-order valence-corrected chi connectivity index (χ1v) is 5.14. The van der Waals surface area contributed by atoms with Crippen molar-refractivity contribution >= 4 is 5.78 Å². The Balaban J connectivity index is 3.03. The summed E-state index contributed by atoms with van der Waals surface area (Å²) >= 11 is 0. The number of carbonyl (C=O) groups excluding carboxylic acids is 1. The minimum atomic E-state index is -0.0920. The molecule has 1 aliphatic rings. The highest BCUT2D eigenvalue weighted by atomic mass is 16.3. The van der Waals surface area contributed by atoms with Gasteiger partial charge in [0.05, 0.1) is 5.57 Å². The molecule has 0 aliphatic heterocycles. The van der Waals surface area contributed by atoms with Gasteiger partial charge in [0.2, 0.25) is 0 Å². The zero-order valence-corrected chi connectivity index (χ0v) is 9.79. The van der Waals surface area contributed by atoms with Gasteiger partial charge in [-0.1, -0.05) is 32.1 Å². The van der Waals surface area contributed by atoms with Crippen LogP contribution in [-0.4, -0.2) is 10.9 Å². The zero-order chi connectivity index (χ0) is 11.6. The van der Waals surface area contributed by atoms with Crippen LogP contribution in [0.3, 0.4) is 0 Å². The van der Waals surface area contributed by atoms with Gasteiger partial charge in [-0.3, -0.25) is 4.79 Å². The van der Waals surface area contributed by atoms with Crippen LogP contribution in [0.4, 0.5) is 0 Å². The first-order chi connectivity index (χ1) is 6.83. The molecule has 0 fully saturated rings. The van der Waals surface area contributed by atoms with Crippen LogP contribution in [0.1, 0.15) is 34.1 Å². The quantitative estimate of drug-likeness (QED) is 0.556. The summed E-state index contributed by atoms with van der Waals surface area (Å²) in [5, 5.41) is 9.45. The van der Waals surface area contributed by atoms with Gasteiger partial charge >= 0.3 is 0 Å². The molecule has 0 amide bonds. The molecule has 15 heavy (non-hydrogen) atoms. The molecule has 0 spiro atoms. The van der Waals surface area contributed by atoms with Crippen molar-refractivity contribution in [2.75, 3.05) is 0 Å². The first-order valence-electron chi connectivity index (χ1n) is 5.14. The number of rotatable bonds is 2. The van der Waals surface area contributed by atoms with Crippen molar-refractivity contribution in [1.29, 1.82) is 0 Å². The van der Waals surface area contributed by atoms with Gasteiger partial charge in [0, 0.05) is 0 Å². The second kappa shape index (κ2) is 4.05. The summed E-state index contributed by atoms with van der Waals surface area (Å²) < 4.78 is 0. The molecule has 0 unspecified atom stereocenters. The number of Topliss-reactive ketones (excluding diaryl/α,β-unsaturated/α-hetero) is 1. The highest BCUT2D eigenvalue weighted by molar-refractivity contribution is 5.99. The molecule has 0 radical (unpaired) electrons. The van der Waals surface area contributed by atoms with Crippen LogP contribution in [0, 0.1) is 5.41 Å². The summed E-state index contributed by atoms with van der Waals surface area (Å²) in [7, 11) is 0. The number of allylic oxidation sites excluding steroid dienone is 6. The van der Waals surface area contributed by atoms with Gasteiger partial charge in [-0.05, 0) is 31.3 Å². The third-order valence-electron chi connectivity index (χ3n) is 2.56. The predicted octanol–water partition coefficient (Wildman–Crippen LogP) is 3.32. The topological polar surface area (TPSA) is 37.3 Å². The Morgan fingerprint density at radius 3 is 2.33 bits per heavy atom. The molecule has 0 heterocycles. The van der Waals surface area contributed by atoms with E-state index in [0.717, 1.165) is 12.0 Å². The fraction of sp³-hybridized carbons (Fsp3) is 0.462. The molecule has 2 nitrogen and oxygen atoms in total. The van der Waals surface area contributed by atoms with Crippen molar-refractivity contribution < 1.29 is 9.90 Å². The molecule has 2 heteroatoms. The predicted molar refractivity (Wildman–Crippen MR) is 61.6 cm³/mol. The van der Waals surface area contributed by atoms with E-state index in [4.69, 9.17) is 0 Å². The van der Waals surface area contributed by atoms with E-state index < -0.39 is 0 Å². The van der Waals surface area contributed by atoms with Gasteiger partial charge in [-0.2, -0.15) is 0 Å². The zero-order valence-electron chi connectivity index (χ0n) is 9.79. The lowest BCUT2D eigenvalue weighted by Gasteiger charge is -2.23. The lowest BCUT2D eigenvalue weighted by molar-refractivity contribution is -0.113. The maximum Gasteiger partial charge on any atom is 0.163 e. The number of aliphatic hydroxyl groups is 1. The molecule has 0 aromatic rings. The summed E-state index contributed by atoms with van der Waals surface area (Å²) in [6.45, 7) is 7.30. The maximum absolute atomic E-state index is 11.4. The van der Waals surface area contributed by atoms with Gasteiger partial charge in [-0.15, -0.1) is 0 Å². The fourth-order valence-electron chi connectivity index (χ4n) is 1.68. The average Bonchev–Trinajstić information content (AvgIpc) is 2.07. The molecule has 1 N–H and O–H groups in total. The number of hydrogen-bond donors (Lipinski definition) is 1. The average molecular weight is 206 g/mol. The van der Waals surface area contributed by atoms with Crippen molar-refractivity contribution in [1.82, 2.24) is 0 Å². The lowest BCUT2D eigenvalue weighted by Crippen LogP contribution is -2.12. The molecule has 1 rings (SSSR count). The standard InChI is InChI=1S/C13H18O2/c1-9(14)12(10(2)15)11-5-7-13(3,4)8-6-11/h5-7,14H,8H2,1-4H3/b12-9-. The molecule has 0 aromatic heterocycles. The van der Waals surface area contributed by atoms with Crippen molar-refractivity contribution in [2.45, 2.75) is 34.1 Å². The smallest absolute Gasteiger partial charge is 0.163 e. The SMILES string of the molecule is CC(=O)/C(C1=CCC(C)(C)C=C1)=C(\C)O. The highest BCUT2D eigenvalue weighted by Gasteiger charge is 2.20. The van der Waals surface area contributed by atoms with E-state index in [0.29, 0.717) is 5.57 Å².